The van der Waals surface area contributed by atoms with Gasteiger partial charge in [-0.1, -0.05) is 31.2 Å². The first-order chi connectivity index (χ1) is 9.24. The number of hydrogen-bond acceptors (Lipinski definition) is 2. The maximum atomic E-state index is 13.3. The lowest BCUT2D eigenvalue weighted by Gasteiger charge is -2.11. The van der Waals surface area contributed by atoms with Gasteiger partial charge in [-0.15, -0.1) is 0 Å². The van der Waals surface area contributed by atoms with Crippen LogP contribution in [-0.4, -0.2) is 7.11 Å². The number of anilines is 1. The molecule has 0 unspecified atom stereocenters. The highest BCUT2D eigenvalue weighted by molar-refractivity contribution is 5.49. The molecule has 2 rings (SSSR count). The van der Waals surface area contributed by atoms with Gasteiger partial charge in [-0.2, -0.15) is 0 Å². The zero-order valence-electron chi connectivity index (χ0n) is 11.2. The van der Waals surface area contributed by atoms with Crippen LogP contribution in [0.5, 0.6) is 5.75 Å². The Labute approximate surface area is 113 Å². The van der Waals surface area contributed by atoms with Crippen LogP contribution in [0.2, 0.25) is 0 Å². The van der Waals surface area contributed by atoms with Crippen molar-refractivity contribution in [1.29, 1.82) is 0 Å². The third-order valence-corrected chi connectivity index (χ3v) is 3.13. The molecule has 0 heterocycles. The van der Waals surface area contributed by atoms with E-state index in [1.165, 1.54) is 24.3 Å². The predicted molar refractivity (Wildman–Crippen MR) is 76.1 cm³/mol. The Morgan fingerprint density at radius 1 is 1.11 bits per heavy atom. The van der Waals surface area contributed by atoms with Gasteiger partial charge >= 0.3 is 0 Å². The highest BCUT2D eigenvalue weighted by Gasteiger charge is 2.04. The summed E-state index contributed by atoms with van der Waals surface area (Å²) in [6.07, 6.45) is 1.00. The molecule has 2 aromatic carbocycles. The van der Waals surface area contributed by atoms with Gasteiger partial charge in [-0.25, -0.2) is 4.39 Å². The zero-order valence-corrected chi connectivity index (χ0v) is 11.2. The summed E-state index contributed by atoms with van der Waals surface area (Å²) in [4.78, 5) is 0. The zero-order chi connectivity index (χ0) is 13.7. The Morgan fingerprint density at radius 3 is 2.53 bits per heavy atom. The fraction of sp³-hybridized carbons (Fsp3) is 0.250. The minimum Gasteiger partial charge on any atom is -0.494 e. The fourth-order valence-electron chi connectivity index (χ4n) is 2.04. The van der Waals surface area contributed by atoms with E-state index in [4.69, 9.17) is 4.74 Å². The molecule has 100 valence electrons. The molecule has 0 aromatic heterocycles. The van der Waals surface area contributed by atoms with Crippen LogP contribution in [-0.2, 0) is 13.0 Å². The van der Waals surface area contributed by atoms with E-state index < -0.39 is 0 Å². The van der Waals surface area contributed by atoms with Gasteiger partial charge in [0, 0.05) is 18.3 Å². The van der Waals surface area contributed by atoms with E-state index in [2.05, 4.69) is 24.4 Å². The molecule has 0 aliphatic heterocycles. The van der Waals surface area contributed by atoms with Crippen LogP contribution in [0.15, 0.2) is 42.5 Å². The number of rotatable bonds is 5. The predicted octanol–water partition coefficient (Wildman–Crippen LogP) is 4.01. The third-order valence-electron chi connectivity index (χ3n) is 3.13. The smallest absolute Gasteiger partial charge is 0.165 e. The summed E-state index contributed by atoms with van der Waals surface area (Å²) in [5.74, 6) is -0.0872. The Bertz CT molecular complexity index is 554. The first-order valence-electron chi connectivity index (χ1n) is 6.38. The topological polar surface area (TPSA) is 21.3 Å². The second kappa shape index (κ2) is 6.23. The molecule has 3 heteroatoms. The lowest BCUT2D eigenvalue weighted by atomic mass is 10.1. The maximum absolute atomic E-state index is 13.3. The average Bonchev–Trinajstić information content (AvgIpc) is 2.46. The second-order valence-corrected chi connectivity index (χ2v) is 4.33. The van der Waals surface area contributed by atoms with E-state index in [1.54, 1.807) is 12.1 Å². The number of halogens is 1. The quantitative estimate of drug-likeness (QED) is 0.876. The van der Waals surface area contributed by atoms with Crippen molar-refractivity contribution in [2.45, 2.75) is 19.9 Å². The van der Waals surface area contributed by atoms with Gasteiger partial charge in [0.05, 0.1) is 7.11 Å². The van der Waals surface area contributed by atoms with E-state index in [0.717, 1.165) is 18.7 Å². The van der Waals surface area contributed by atoms with Crippen LogP contribution in [0, 0.1) is 5.82 Å². The van der Waals surface area contributed by atoms with Crippen LogP contribution < -0.4 is 10.1 Å². The van der Waals surface area contributed by atoms with Gasteiger partial charge in [0.1, 0.15) is 0 Å². The van der Waals surface area contributed by atoms with Gasteiger partial charge in [0.2, 0.25) is 0 Å². The molecule has 19 heavy (non-hydrogen) atoms. The van der Waals surface area contributed by atoms with Gasteiger partial charge < -0.3 is 10.1 Å². The molecule has 0 fully saturated rings. The first kappa shape index (κ1) is 13.4. The van der Waals surface area contributed by atoms with Crippen molar-refractivity contribution >= 4 is 5.69 Å². The largest absolute Gasteiger partial charge is 0.494 e. The van der Waals surface area contributed by atoms with Gasteiger partial charge in [-0.3, -0.25) is 0 Å². The molecule has 0 radical (unpaired) electrons. The van der Waals surface area contributed by atoms with Crippen LogP contribution >= 0.6 is 0 Å². The molecule has 0 saturated heterocycles. The minimum atomic E-state index is -0.345. The number of benzene rings is 2. The van der Waals surface area contributed by atoms with E-state index in [0.29, 0.717) is 0 Å². The van der Waals surface area contributed by atoms with Crippen molar-refractivity contribution in [2.75, 3.05) is 12.4 Å². The molecular formula is C16H18FNO. The van der Waals surface area contributed by atoms with E-state index in [1.807, 2.05) is 12.1 Å². The average molecular weight is 259 g/mol. The normalized spacial score (nSPS) is 10.3. The number of hydrogen-bond donors (Lipinski definition) is 1. The number of nitrogens with one attached hydrogen (secondary N) is 1. The molecule has 0 saturated carbocycles. The van der Waals surface area contributed by atoms with Crippen molar-refractivity contribution in [3.05, 3.63) is 59.4 Å². The summed E-state index contributed by atoms with van der Waals surface area (Å²) in [7, 11) is 1.47. The molecular weight excluding hydrogens is 241 g/mol. The summed E-state index contributed by atoms with van der Waals surface area (Å²) in [6.45, 7) is 2.86. The fourth-order valence-corrected chi connectivity index (χ4v) is 2.04. The van der Waals surface area contributed by atoms with Crippen molar-refractivity contribution in [3.63, 3.8) is 0 Å². The maximum Gasteiger partial charge on any atom is 0.165 e. The lowest BCUT2D eigenvalue weighted by molar-refractivity contribution is 0.387. The summed E-state index contributed by atoms with van der Waals surface area (Å²) in [5, 5.41) is 3.29. The Morgan fingerprint density at radius 2 is 1.84 bits per heavy atom. The van der Waals surface area contributed by atoms with Gasteiger partial charge in [-0.05, 0) is 29.7 Å². The number of ether oxygens (including phenoxy) is 1. The molecule has 0 aliphatic carbocycles. The van der Waals surface area contributed by atoms with Gasteiger partial charge in [0.15, 0.2) is 11.6 Å². The van der Waals surface area contributed by atoms with Gasteiger partial charge in [0.25, 0.3) is 0 Å². The van der Waals surface area contributed by atoms with Crippen LogP contribution in [0.25, 0.3) is 0 Å². The van der Waals surface area contributed by atoms with Crippen molar-refractivity contribution < 1.29 is 9.13 Å². The van der Waals surface area contributed by atoms with Crippen molar-refractivity contribution in [3.8, 4) is 5.75 Å². The molecule has 2 nitrogen and oxygen atoms in total. The van der Waals surface area contributed by atoms with E-state index in [-0.39, 0.29) is 11.6 Å². The summed E-state index contributed by atoms with van der Waals surface area (Å²) in [5.41, 5.74) is 3.43. The number of aryl methyl sites for hydroxylation is 1. The molecule has 0 bridgehead atoms. The molecule has 0 aliphatic rings. The second-order valence-electron chi connectivity index (χ2n) is 4.33. The molecule has 2 aromatic rings. The minimum absolute atomic E-state index is 0.258. The highest BCUT2D eigenvalue weighted by atomic mass is 19.1. The monoisotopic (exact) mass is 259 g/mol. The third kappa shape index (κ3) is 3.25. The van der Waals surface area contributed by atoms with Crippen molar-refractivity contribution in [2.24, 2.45) is 0 Å². The summed E-state index contributed by atoms with van der Waals surface area (Å²) < 4.78 is 18.3. The lowest BCUT2D eigenvalue weighted by Crippen LogP contribution is -2.03. The molecule has 0 spiro atoms. The first-order valence-corrected chi connectivity index (χ1v) is 6.38. The SMILES string of the molecule is CCc1ccccc1CNc1ccc(F)c(OC)c1. The molecule has 0 amide bonds. The van der Waals surface area contributed by atoms with Crippen LogP contribution in [0.3, 0.4) is 0 Å². The Hall–Kier alpha value is -2.03. The Kier molecular flexibility index (Phi) is 4.39. The van der Waals surface area contributed by atoms with Crippen LogP contribution in [0.4, 0.5) is 10.1 Å². The van der Waals surface area contributed by atoms with Crippen LogP contribution in [0.1, 0.15) is 18.1 Å². The van der Waals surface area contributed by atoms with E-state index >= 15 is 0 Å². The molecule has 1 N–H and O–H groups in total. The van der Waals surface area contributed by atoms with Crippen molar-refractivity contribution in [1.82, 2.24) is 0 Å². The number of methoxy groups -OCH3 is 1. The summed E-state index contributed by atoms with van der Waals surface area (Å²) >= 11 is 0. The standard InChI is InChI=1S/C16H18FNO/c1-3-12-6-4-5-7-13(12)11-18-14-8-9-15(17)16(10-14)19-2/h4-10,18H,3,11H2,1-2H3. The Balaban J connectivity index is 2.10. The summed E-state index contributed by atoms with van der Waals surface area (Å²) in [6, 6.07) is 13.1. The molecule has 0 atom stereocenters. The highest BCUT2D eigenvalue weighted by Crippen LogP contribution is 2.22. The van der Waals surface area contributed by atoms with E-state index in [9.17, 15) is 4.39 Å².